The SMILES string of the molecule is CCC(=O)Oc1ccc(C[C@H]([As])C(=O)O)cc1OC(=O)CC. The van der Waals surface area contributed by atoms with Gasteiger partial charge >= 0.3 is 137 Å². The Morgan fingerprint density at radius 2 is 1.64 bits per heavy atom. The van der Waals surface area contributed by atoms with Crippen LogP contribution in [0, 0.1) is 0 Å². The van der Waals surface area contributed by atoms with Gasteiger partial charge in [0.15, 0.2) is 0 Å². The van der Waals surface area contributed by atoms with Gasteiger partial charge in [-0.15, -0.1) is 0 Å². The Morgan fingerprint density at radius 3 is 2.14 bits per heavy atom. The Balaban J connectivity index is 3.04. The average molecular weight is 368 g/mol. The third-order valence-electron chi connectivity index (χ3n) is 2.75. The molecule has 0 aromatic heterocycles. The van der Waals surface area contributed by atoms with Gasteiger partial charge in [-0.1, -0.05) is 0 Å². The first-order chi connectivity index (χ1) is 10.4. The molecule has 7 heteroatoms. The van der Waals surface area contributed by atoms with E-state index in [1.807, 2.05) is 0 Å². The summed E-state index contributed by atoms with van der Waals surface area (Å²) in [5, 5.41) is 8.93. The molecule has 0 heterocycles. The zero-order valence-electron chi connectivity index (χ0n) is 12.4. The Hall–Kier alpha value is -1.81. The van der Waals surface area contributed by atoms with Gasteiger partial charge in [0.25, 0.3) is 0 Å². The Kier molecular flexibility index (Phi) is 7.12. The van der Waals surface area contributed by atoms with Gasteiger partial charge in [-0.2, -0.15) is 0 Å². The van der Waals surface area contributed by atoms with Crippen molar-refractivity contribution in [3.8, 4) is 11.5 Å². The fourth-order valence-corrected chi connectivity index (χ4v) is 1.99. The maximum absolute atomic E-state index is 11.5. The molecule has 118 valence electrons. The molecule has 0 fully saturated rings. The predicted molar refractivity (Wildman–Crippen MR) is 79.1 cm³/mol. The van der Waals surface area contributed by atoms with Crippen molar-refractivity contribution in [3.05, 3.63) is 23.8 Å². The second-order valence-corrected chi connectivity index (χ2v) is 5.80. The van der Waals surface area contributed by atoms with Gasteiger partial charge in [0.1, 0.15) is 0 Å². The molecule has 0 spiro atoms. The molecule has 1 rings (SSSR count). The zero-order valence-corrected chi connectivity index (χ0v) is 14.2. The van der Waals surface area contributed by atoms with Crippen molar-refractivity contribution in [1.29, 1.82) is 0 Å². The minimum atomic E-state index is -0.936. The zero-order chi connectivity index (χ0) is 16.7. The number of carboxylic acids is 1. The molecule has 1 atom stereocenters. The normalized spacial score (nSPS) is 11.6. The third-order valence-corrected chi connectivity index (χ3v) is 3.59. The molecule has 0 aliphatic carbocycles. The van der Waals surface area contributed by atoms with E-state index in [-0.39, 0.29) is 30.8 Å². The number of carbonyl (C=O) groups excluding carboxylic acids is 2. The fraction of sp³-hybridized carbons (Fsp3) is 0.400. The van der Waals surface area contributed by atoms with E-state index in [9.17, 15) is 14.4 Å². The molecule has 2 radical (unpaired) electrons. The quantitative estimate of drug-likeness (QED) is 0.449. The number of benzene rings is 1. The van der Waals surface area contributed by atoms with Gasteiger partial charge in [-0.25, -0.2) is 0 Å². The van der Waals surface area contributed by atoms with Crippen molar-refractivity contribution >= 4 is 34.8 Å². The van der Waals surface area contributed by atoms with E-state index in [4.69, 9.17) is 14.6 Å². The number of hydrogen-bond donors (Lipinski definition) is 1. The van der Waals surface area contributed by atoms with Crippen LogP contribution >= 0.6 is 0 Å². The van der Waals surface area contributed by atoms with Gasteiger partial charge in [0.2, 0.25) is 0 Å². The predicted octanol–water partition coefficient (Wildman–Crippen LogP) is 1.90. The molecular formula is C15H17AsO6. The first-order valence-electron chi connectivity index (χ1n) is 6.82. The standard InChI is InChI=1S/C15H17AsO6/c1-3-13(17)21-11-6-5-9(7-10(16)15(19)20)8-12(11)22-14(18)4-2/h5-6,8,10H,3-4,7H2,1-2H3,(H,19,20)/t10-/m0/s1. The third kappa shape index (κ3) is 5.52. The van der Waals surface area contributed by atoms with Crippen LogP contribution in [-0.4, -0.2) is 39.9 Å². The molecule has 6 nitrogen and oxygen atoms in total. The minimum absolute atomic E-state index is 0.122. The van der Waals surface area contributed by atoms with Crippen LogP contribution in [0.5, 0.6) is 11.5 Å². The summed E-state index contributed by atoms with van der Waals surface area (Å²) in [5.41, 5.74) is 0.670. The van der Waals surface area contributed by atoms with Crippen molar-refractivity contribution < 1.29 is 29.0 Å². The first kappa shape index (κ1) is 18.2. The van der Waals surface area contributed by atoms with Crippen LogP contribution in [0.3, 0.4) is 0 Å². The fourth-order valence-electron chi connectivity index (χ4n) is 1.54. The van der Waals surface area contributed by atoms with E-state index < -0.39 is 22.6 Å². The molecule has 1 N–H and O–H groups in total. The number of aliphatic carboxylic acids is 1. The summed E-state index contributed by atoms with van der Waals surface area (Å²) in [6.07, 6.45) is 0.623. The molecule has 1 aromatic carbocycles. The first-order valence-corrected chi connectivity index (χ1v) is 7.90. The van der Waals surface area contributed by atoms with Crippen molar-refractivity contribution in [2.45, 2.75) is 37.8 Å². The second-order valence-electron chi connectivity index (χ2n) is 4.49. The van der Waals surface area contributed by atoms with Gasteiger partial charge in [0.05, 0.1) is 0 Å². The van der Waals surface area contributed by atoms with Crippen LogP contribution in [-0.2, 0) is 20.8 Å². The summed E-state index contributed by atoms with van der Waals surface area (Å²) >= 11 is 2.07. The Bertz CT molecular complexity index is 569. The molecule has 22 heavy (non-hydrogen) atoms. The van der Waals surface area contributed by atoms with E-state index in [1.165, 1.54) is 12.1 Å². The van der Waals surface area contributed by atoms with Crippen LogP contribution in [0.2, 0.25) is 4.71 Å². The van der Waals surface area contributed by atoms with Crippen LogP contribution in [0.15, 0.2) is 18.2 Å². The molecule has 0 bridgehead atoms. The van der Waals surface area contributed by atoms with Crippen molar-refractivity contribution in [2.24, 2.45) is 0 Å². The van der Waals surface area contributed by atoms with Gasteiger partial charge in [-0.05, 0) is 0 Å². The van der Waals surface area contributed by atoms with E-state index in [1.54, 1.807) is 19.9 Å². The summed E-state index contributed by atoms with van der Waals surface area (Å²) in [4.78, 5) is 33.8. The number of esters is 2. The van der Waals surface area contributed by atoms with E-state index in [2.05, 4.69) is 16.9 Å². The molecular weight excluding hydrogens is 351 g/mol. The molecule has 0 unspecified atom stereocenters. The Labute approximate surface area is 137 Å². The maximum atomic E-state index is 11.5. The summed E-state index contributed by atoms with van der Waals surface area (Å²) < 4.78 is 9.63. The summed E-state index contributed by atoms with van der Waals surface area (Å²) in [7, 11) is 0. The molecule has 0 aliphatic rings. The average Bonchev–Trinajstić information content (AvgIpc) is 2.49. The van der Waals surface area contributed by atoms with E-state index >= 15 is 0 Å². The number of carboxylic acid groups (broad SMARTS) is 1. The van der Waals surface area contributed by atoms with Crippen LogP contribution in [0.4, 0.5) is 0 Å². The van der Waals surface area contributed by atoms with Gasteiger partial charge in [0, 0.05) is 0 Å². The summed E-state index contributed by atoms with van der Waals surface area (Å²) in [6.45, 7) is 3.30. The van der Waals surface area contributed by atoms with Crippen LogP contribution < -0.4 is 9.47 Å². The summed E-state index contributed by atoms with van der Waals surface area (Å²) in [6, 6.07) is 4.67. The van der Waals surface area contributed by atoms with E-state index in [0.717, 1.165) is 0 Å². The molecule has 0 saturated heterocycles. The Morgan fingerprint density at radius 1 is 1.09 bits per heavy atom. The number of rotatable bonds is 7. The van der Waals surface area contributed by atoms with E-state index in [0.29, 0.717) is 5.56 Å². The summed E-state index contributed by atoms with van der Waals surface area (Å²) in [5.74, 6) is -1.58. The van der Waals surface area contributed by atoms with Crippen molar-refractivity contribution in [2.75, 3.05) is 0 Å². The second kappa shape index (κ2) is 8.59. The molecule has 1 aromatic rings. The molecule has 0 saturated carbocycles. The number of ether oxygens (including phenoxy) is 2. The monoisotopic (exact) mass is 368 g/mol. The topological polar surface area (TPSA) is 89.9 Å². The van der Waals surface area contributed by atoms with Crippen LogP contribution in [0.1, 0.15) is 32.3 Å². The molecule has 0 amide bonds. The number of hydrogen-bond acceptors (Lipinski definition) is 5. The number of carbonyl (C=O) groups is 3. The van der Waals surface area contributed by atoms with Gasteiger partial charge in [-0.3, -0.25) is 0 Å². The molecule has 0 aliphatic heterocycles. The van der Waals surface area contributed by atoms with Gasteiger partial charge < -0.3 is 0 Å². The van der Waals surface area contributed by atoms with Crippen LogP contribution in [0.25, 0.3) is 0 Å². The van der Waals surface area contributed by atoms with Crippen molar-refractivity contribution in [3.63, 3.8) is 0 Å². The van der Waals surface area contributed by atoms with Crippen molar-refractivity contribution in [1.82, 2.24) is 0 Å².